The molecule has 0 saturated heterocycles. The number of carbonyl (C=O) groups excluding carboxylic acids is 1. The first-order valence-corrected chi connectivity index (χ1v) is 10.9. The molecule has 2 N–H and O–H groups in total. The zero-order chi connectivity index (χ0) is 23.2. The highest BCUT2D eigenvalue weighted by Gasteiger charge is 2.23. The Morgan fingerprint density at radius 3 is 2.29 bits per heavy atom. The van der Waals surface area contributed by atoms with Crippen molar-refractivity contribution in [2.24, 2.45) is 0 Å². The number of fused-ring (bicyclic) bond motifs is 2. The number of H-pyrrole nitrogens is 1. The topological polar surface area (TPSA) is 88.5 Å². The molecule has 34 heavy (non-hydrogen) atoms. The largest absolute Gasteiger partial charge is 0.482 e. The van der Waals surface area contributed by atoms with E-state index in [2.05, 4.69) is 10.4 Å². The van der Waals surface area contributed by atoms with E-state index >= 15 is 0 Å². The van der Waals surface area contributed by atoms with Crippen LogP contribution < -0.4 is 15.6 Å². The third-order valence-corrected chi connectivity index (χ3v) is 5.99. The average Bonchev–Trinajstić information content (AvgIpc) is 3.24. The Morgan fingerprint density at radius 1 is 0.853 bits per heavy atom. The Bertz CT molecular complexity index is 1620. The third-order valence-electron chi connectivity index (χ3n) is 5.99. The fourth-order valence-electron chi connectivity index (χ4n) is 4.44. The van der Waals surface area contributed by atoms with Gasteiger partial charge >= 0.3 is 0 Å². The summed E-state index contributed by atoms with van der Waals surface area (Å²) in [4.78, 5) is 30.4. The molecule has 0 bridgehead atoms. The van der Waals surface area contributed by atoms with Crippen LogP contribution in [0.2, 0.25) is 0 Å². The first kappa shape index (κ1) is 20.0. The number of aromatic amines is 1. The smallest absolute Gasteiger partial charge is 0.280 e. The highest BCUT2D eigenvalue weighted by atomic mass is 16.5. The molecule has 0 unspecified atom stereocenters. The summed E-state index contributed by atoms with van der Waals surface area (Å²) in [5, 5.41) is 6.10. The van der Waals surface area contributed by atoms with Crippen molar-refractivity contribution in [1.82, 2.24) is 14.6 Å². The van der Waals surface area contributed by atoms with Gasteiger partial charge in [-0.1, -0.05) is 66.7 Å². The zero-order valence-corrected chi connectivity index (χ0v) is 18.3. The van der Waals surface area contributed by atoms with Gasteiger partial charge in [-0.15, -0.1) is 0 Å². The summed E-state index contributed by atoms with van der Waals surface area (Å²) >= 11 is 0. The molecule has 0 spiro atoms. The first-order chi connectivity index (χ1) is 16.6. The minimum atomic E-state index is -0.226. The lowest BCUT2D eigenvalue weighted by molar-refractivity contribution is -0.118. The monoisotopic (exact) mass is 448 g/mol. The summed E-state index contributed by atoms with van der Waals surface area (Å²) in [6, 6.07) is 25.1. The molecule has 7 nitrogen and oxygen atoms in total. The van der Waals surface area contributed by atoms with E-state index in [1.54, 1.807) is 12.1 Å². The van der Waals surface area contributed by atoms with Gasteiger partial charge in [-0.2, -0.15) is 4.52 Å². The lowest BCUT2D eigenvalue weighted by Crippen LogP contribution is -2.25. The van der Waals surface area contributed by atoms with Gasteiger partial charge in [-0.25, -0.2) is 4.98 Å². The van der Waals surface area contributed by atoms with E-state index < -0.39 is 0 Å². The highest BCUT2D eigenvalue weighted by Crippen LogP contribution is 2.36. The first-order valence-electron chi connectivity index (χ1n) is 10.9. The van der Waals surface area contributed by atoms with E-state index in [1.807, 2.05) is 73.7 Å². The van der Waals surface area contributed by atoms with Crippen molar-refractivity contribution >= 4 is 17.2 Å². The fraction of sp³-hybridized carbons (Fsp3) is 0.0741. The second kappa shape index (κ2) is 7.74. The number of hydrogen-bond donors (Lipinski definition) is 2. The Kier molecular flexibility index (Phi) is 4.55. The Morgan fingerprint density at radius 2 is 1.56 bits per heavy atom. The summed E-state index contributed by atoms with van der Waals surface area (Å²) in [5.74, 6) is 0.351. The number of benzene rings is 3. The summed E-state index contributed by atoms with van der Waals surface area (Å²) in [5.41, 5.74) is 6.21. The minimum Gasteiger partial charge on any atom is -0.482 e. The fourth-order valence-corrected chi connectivity index (χ4v) is 4.44. The molecule has 5 aromatic rings. The quantitative estimate of drug-likeness (QED) is 0.420. The lowest BCUT2D eigenvalue weighted by atomic mass is 10.0. The normalized spacial score (nSPS) is 12.8. The van der Waals surface area contributed by atoms with Crippen LogP contribution in [0.15, 0.2) is 83.7 Å². The number of nitrogens with one attached hydrogen (secondary N) is 2. The van der Waals surface area contributed by atoms with Crippen LogP contribution in [-0.4, -0.2) is 27.1 Å². The number of aryl methyl sites for hydroxylation is 1. The van der Waals surface area contributed by atoms with Crippen LogP contribution in [0.5, 0.6) is 5.75 Å². The molecule has 0 fully saturated rings. The van der Waals surface area contributed by atoms with E-state index in [4.69, 9.17) is 9.72 Å². The van der Waals surface area contributed by atoms with Gasteiger partial charge in [0.25, 0.3) is 11.5 Å². The lowest BCUT2D eigenvalue weighted by Gasteiger charge is -2.18. The standard InChI is InChI=1S/C27H20N4O3/c1-16-23(19-12-13-21-20(14-19)29-22(32)15-34-21)27(33)31-26(28-16)24(17-8-4-2-5-9-17)25(30-31)18-10-6-3-7-11-18/h2-14,30H,15H2,1H3,(H,29,32). The molecule has 1 aliphatic rings. The van der Waals surface area contributed by atoms with Crippen LogP contribution in [0.3, 0.4) is 0 Å². The van der Waals surface area contributed by atoms with Crippen molar-refractivity contribution in [3.63, 3.8) is 0 Å². The third kappa shape index (κ3) is 3.17. The van der Waals surface area contributed by atoms with E-state index in [-0.39, 0.29) is 18.1 Å². The molecule has 3 heterocycles. The molecule has 1 aliphatic heterocycles. The van der Waals surface area contributed by atoms with Crippen molar-refractivity contribution in [3.8, 4) is 39.3 Å². The second-order valence-electron chi connectivity index (χ2n) is 8.18. The van der Waals surface area contributed by atoms with E-state index in [1.165, 1.54) is 4.52 Å². The predicted molar refractivity (Wildman–Crippen MR) is 131 cm³/mol. The molecule has 2 aromatic heterocycles. The Hall–Kier alpha value is -4.65. The van der Waals surface area contributed by atoms with Crippen LogP contribution in [0.4, 0.5) is 5.69 Å². The summed E-state index contributed by atoms with van der Waals surface area (Å²) in [6.45, 7) is 1.81. The van der Waals surface area contributed by atoms with Gasteiger partial charge in [-0.3, -0.25) is 14.7 Å². The Labute approximate surface area is 194 Å². The number of carbonyl (C=O) groups is 1. The van der Waals surface area contributed by atoms with Crippen molar-refractivity contribution in [1.29, 1.82) is 0 Å². The number of nitrogens with zero attached hydrogens (tertiary/aromatic N) is 2. The SMILES string of the molecule is Cc1nc2c(-c3ccccc3)c(-c3ccccc3)[nH]n2c(=O)c1-c1ccc2c(c1)NC(=O)CO2. The van der Waals surface area contributed by atoms with Gasteiger partial charge < -0.3 is 10.1 Å². The van der Waals surface area contributed by atoms with Crippen LogP contribution in [-0.2, 0) is 4.79 Å². The number of hydrogen-bond acceptors (Lipinski definition) is 4. The molecule has 166 valence electrons. The number of ether oxygens (including phenoxy) is 1. The number of rotatable bonds is 3. The molecular formula is C27H20N4O3. The maximum Gasteiger partial charge on any atom is 0.280 e. The molecule has 0 atom stereocenters. The molecule has 0 aliphatic carbocycles. The van der Waals surface area contributed by atoms with Crippen molar-refractivity contribution in [2.75, 3.05) is 11.9 Å². The Balaban J connectivity index is 1.61. The molecule has 1 amide bonds. The van der Waals surface area contributed by atoms with Crippen LogP contribution in [0, 0.1) is 6.92 Å². The van der Waals surface area contributed by atoms with Crippen LogP contribution in [0.25, 0.3) is 39.2 Å². The van der Waals surface area contributed by atoms with Crippen molar-refractivity contribution in [3.05, 3.63) is 94.9 Å². The van der Waals surface area contributed by atoms with Crippen molar-refractivity contribution < 1.29 is 9.53 Å². The number of anilines is 1. The highest BCUT2D eigenvalue weighted by molar-refractivity contribution is 5.96. The van der Waals surface area contributed by atoms with Crippen LogP contribution >= 0.6 is 0 Å². The molecule has 3 aromatic carbocycles. The molecule has 7 heteroatoms. The maximum atomic E-state index is 13.8. The maximum absolute atomic E-state index is 13.8. The van der Waals surface area contributed by atoms with E-state index in [9.17, 15) is 9.59 Å². The van der Waals surface area contributed by atoms with E-state index in [0.717, 1.165) is 22.4 Å². The summed E-state index contributed by atoms with van der Waals surface area (Å²) in [7, 11) is 0. The van der Waals surface area contributed by atoms with Crippen molar-refractivity contribution in [2.45, 2.75) is 6.92 Å². The van der Waals surface area contributed by atoms with Gasteiger partial charge in [0.15, 0.2) is 12.3 Å². The number of amides is 1. The second-order valence-corrected chi connectivity index (χ2v) is 8.18. The van der Waals surface area contributed by atoms with Gasteiger partial charge in [0.05, 0.1) is 28.2 Å². The summed E-state index contributed by atoms with van der Waals surface area (Å²) in [6.07, 6.45) is 0. The molecular weight excluding hydrogens is 428 g/mol. The number of aromatic nitrogens is 3. The van der Waals surface area contributed by atoms with Crippen LogP contribution in [0.1, 0.15) is 5.69 Å². The van der Waals surface area contributed by atoms with Gasteiger partial charge in [-0.05, 0) is 30.2 Å². The van der Waals surface area contributed by atoms with Gasteiger partial charge in [0.1, 0.15) is 5.75 Å². The predicted octanol–water partition coefficient (Wildman–Crippen LogP) is 4.66. The molecule has 0 saturated carbocycles. The summed E-state index contributed by atoms with van der Waals surface area (Å²) < 4.78 is 6.96. The van der Waals surface area contributed by atoms with Gasteiger partial charge in [0, 0.05) is 5.56 Å². The molecule has 0 radical (unpaired) electrons. The zero-order valence-electron chi connectivity index (χ0n) is 18.3. The average molecular weight is 448 g/mol. The van der Waals surface area contributed by atoms with E-state index in [0.29, 0.717) is 33.9 Å². The van der Waals surface area contributed by atoms with Gasteiger partial charge in [0.2, 0.25) is 0 Å². The minimum absolute atomic E-state index is 0.0193. The molecule has 6 rings (SSSR count).